The molecule has 1 heterocycles. The topological polar surface area (TPSA) is 76.0 Å². The number of anilines is 1. The van der Waals surface area contributed by atoms with E-state index in [0.717, 1.165) is 39.8 Å². The van der Waals surface area contributed by atoms with E-state index in [9.17, 15) is 9.59 Å². The molecular formula is C28H30N4O2. The molecule has 6 nitrogen and oxygen atoms in total. The third-order valence-electron chi connectivity index (χ3n) is 6.04. The lowest BCUT2D eigenvalue weighted by Crippen LogP contribution is -2.30. The smallest absolute Gasteiger partial charge is 0.251 e. The molecule has 174 valence electrons. The molecule has 4 rings (SSSR count). The van der Waals surface area contributed by atoms with Crippen molar-refractivity contribution in [1.82, 2.24) is 14.9 Å². The fraction of sp³-hybridized carbons (Fsp3) is 0.250. The van der Waals surface area contributed by atoms with Gasteiger partial charge in [0, 0.05) is 11.3 Å². The van der Waals surface area contributed by atoms with Crippen LogP contribution in [0.15, 0.2) is 66.7 Å². The SMILES string of the molecule is CCc1cccc(C)c1NC(=O)Cn1c([C@@H](C)NC(=O)c2ccc(C)cc2)nc2ccccc21. The molecule has 6 heteroatoms. The summed E-state index contributed by atoms with van der Waals surface area (Å²) in [6, 6.07) is 20.8. The van der Waals surface area contributed by atoms with Gasteiger partial charge in [0.1, 0.15) is 12.4 Å². The fourth-order valence-corrected chi connectivity index (χ4v) is 4.16. The first-order valence-corrected chi connectivity index (χ1v) is 11.6. The highest BCUT2D eigenvalue weighted by Crippen LogP contribution is 2.24. The van der Waals surface area contributed by atoms with Crippen molar-refractivity contribution >= 4 is 28.5 Å². The van der Waals surface area contributed by atoms with E-state index in [4.69, 9.17) is 4.98 Å². The van der Waals surface area contributed by atoms with Gasteiger partial charge in [0.15, 0.2) is 0 Å². The summed E-state index contributed by atoms with van der Waals surface area (Å²) < 4.78 is 1.88. The maximum atomic E-state index is 13.1. The molecule has 0 aliphatic carbocycles. The van der Waals surface area contributed by atoms with Gasteiger partial charge >= 0.3 is 0 Å². The Labute approximate surface area is 200 Å². The van der Waals surface area contributed by atoms with Gasteiger partial charge in [-0.1, -0.05) is 55.0 Å². The van der Waals surface area contributed by atoms with E-state index in [1.807, 2.05) is 79.9 Å². The lowest BCUT2D eigenvalue weighted by atomic mass is 10.1. The van der Waals surface area contributed by atoms with Crippen molar-refractivity contribution < 1.29 is 9.59 Å². The highest BCUT2D eigenvalue weighted by molar-refractivity contribution is 5.95. The van der Waals surface area contributed by atoms with Crippen LogP contribution in [0.1, 0.15) is 52.8 Å². The molecule has 3 aromatic carbocycles. The number of rotatable bonds is 7. The number of carbonyl (C=O) groups is 2. The number of para-hydroxylation sites is 3. The summed E-state index contributed by atoms with van der Waals surface area (Å²) in [5.74, 6) is 0.325. The molecule has 1 atom stereocenters. The van der Waals surface area contributed by atoms with E-state index < -0.39 is 6.04 Å². The predicted octanol–water partition coefficient (Wildman–Crippen LogP) is 5.35. The van der Waals surface area contributed by atoms with Crippen LogP contribution in [0.4, 0.5) is 5.69 Å². The second-order valence-corrected chi connectivity index (χ2v) is 8.62. The quantitative estimate of drug-likeness (QED) is 0.395. The highest BCUT2D eigenvalue weighted by Gasteiger charge is 2.21. The number of fused-ring (bicyclic) bond motifs is 1. The molecular weight excluding hydrogens is 424 g/mol. The lowest BCUT2D eigenvalue weighted by molar-refractivity contribution is -0.116. The lowest BCUT2D eigenvalue weighted by Gasteiger charge is -2.17. The fourth-order valence-electron chi connectivity index (χ4n) is 4.16. The van der Waals surface area contributed by atoms with Gasteiger partial charge in [-0.25, -0.2) is 4.98 Å². The van der Waals surface area contributed by atoms with Crippen molar-refractivity contribution in [2.45, 2.75) is 46.7 Å². The molecule has 0 saturated heterocycles. The Bertz CT molecular complexity index is 1340. The first-order valence-electron chi connectivity index (χ1n) is 11.6. The number of aromatic nitrogens is 2. The van der Waals surface area contributed by atoms with Gasteiger partial charge in [-0.3, -0.25) is 9.59 Å². The summed E-state index contributed by atoms with van der Waals surface area (Å²) in [7, 11) is 0. The number of amides is 2. The molecule has 0 aliphatic rings. The standard InChI is InChI=1S/C28H30N4O2/c1-5-21-10-8-9-19(3)26(21)31-25(33)17-32-24-12-7-6-11-23(24)30-27(32)20(4)29-28(34)22-15-13-18(2)14-16-22/h6-16,20H,5,17H2,1-4H3,(H,29,34)(H,31,33)/t20-/m1/s1. The molecule has 2 N–H and O–H groups in total. The van der Waals surface area contributed by atoms with Gasteiger partial charge in [0.2, 0.25) is 5.91 Å². The molecule has 0 aliphatic heterocycles. The molecule has 1 aromatic heterocycles. The van der Waals surface area contributed by atoms with Crippen molar-refractivity contribution in [2.24, 2.45) is 0 Å². The third kappa shape index (κ3) is 4.86. The summed E-state index contributed by atoms with van der Waals surface area (Å²) in [4.78, 5) is 30.7. The zero-order chi connectivity index (χ0) is 24.2. The van der Waals surface area contributed by atoms with Crippen molar-refractivity contribution in [3.63, 3.8) is 0 Å². The number of hydrogen-bond donors (Lipinski definition) is 2. The molecule has 0 spiro atoms. The average molecular weight is 455 g/mol. The summed E-state index contributed by atoms with van der Waals surface area (Å²) >= 11 is 0. The number of imidazole rings is 1. The average Bonchev–Trinajstić information content (AvgIpc) is 3.19. The number of aryl methyl sites for hydroxylation is 3. The van der Waals surface area contributed by atoms with Crippen LogP contribution >= 0.6 is 0 Å². The second-order valence-electron chi connectivity index (χ2n) is 8.62. The first kappa shape index (κ1) is 23.2. The van der Waals surface area contributed by atoms with E-state index in [2.05, 4.69) is 17.6 Å². The Morgan fingerprint density at radius 1 is 0.971 bits per heavy atom. The van der Waals surface area contributed by atoms with Gasteiger partial charge < -0.3 is 15.2 Å². The Balaban J connectivity index is 1.61. The minimum atomic E-state index is -0.390. The van der Waals surface area contributed by atoms with Gasteiger partial charge in [-0.05, 0) is 62.6 Å². The minimum Gasteiger partial charge on any atom is -0.342 e. The first-order chi connectivity index (χ1) is 16.4. The van der Waals surface area contributed by atoms with Crippen molar-refractivity contribution in [2.75, 3.05) is 5.32 Å². The number of carbonyl (C=O) groups excluding carboxylic acids is 2. The van der Waals surface area contributed by atoms with Gasteiger partial charge in [-0.2, -0.15) is 0 Å². The Kier molecular flexibility index (Phi) is 6.77. The van der Waals surface area contributed by atoms with Crippen LogP contribution in [0, 0.1) is 13.8 Å². The van der Waals surface area contributed by atoms with Crippen molar-refractivity contribution in [3.05, 3.63) is 94.8 Å². The summed E-state index contributed by atoms with van der Waals surface area (Å²) in [6.45, 7) is 8.04. The monoisotopic (exact) mass is 454 g/mol. The number of nitrogens with one attached hydrogen (secondary N) is 2. The Morgan fingerprint density at radius 3 is 2.44 bits per heavy atom. The third-order valence-corrected chi connectivity index (χ3v) is 6.04. The van der Waals surface area contributed by atoms with Gasteiger partial charge in [-0.15, -0.1) is 0 Å². The molecule has 2 amide bonds. The summed E-state index contributed by atoms with van der Waals surface area (Å²) in [5, 5.41) is 6.13. The van der Waals surface area contributed by atoms with E-state index in [1.165, 1.54) is 0 Å². The van der Waals surface area contributed by atoms with E-state index in [1.54, 1.807) is 12.1 Å². The Hall–Kier alpha value is -3.93. The van der Waals surface area contributed by atoms with E-state index >= 15 is 0 Å². The van der Waals surface area contributed by atoms with Gasteiger partial charge in [0.25, 0.3) is 5.91 Å². The summed E-state index contributed by atoms with van der Waals surface area (Å²) in [5.41, 5.74) is 6.31. The molecule has 4 aromatic rings. The summed E-state index contributed by atoms with van der Waals surface area (Å²) in [6.07, 6.45) is 0.832. The molecule has 34 heavy (non-hydrogen) atoms. The van der Waals surface area contributed by atoms with Crippen molar-refractivity contribution in [1.29, 1.82) is 0 Å². The molecule has 0 fully saturated rings. The number of benzene rings is 3. The van der Waals surface area contributed by atoms with Crippen LogP contribution in [-0.2, 0) is 17.8 Å². The normalized spacial score (nSPS) is 11.9. The molecule has 0 saturated carbocycles. The van der Waals surface area contributed by atoms with E-state index in [-0.39, 0.29) is 18.4 Å². The number of nitrogens with zero attached hydrogens (tertiary/aromatic N) is 2. The van der Waals surface area contributed by atoms with Crippen molar-refractivity contribution in [3.8, 4) is 0 Å². The molecule has 0 radical (unpaired) electrons. The van der Waals surface area contributed by atoms with Crippen LogP contribution in [0.25, 0.3) is 11.0 Å². The van der Waals surface area contributed by atoms with Crippen LogP contribution in [-0.4, -0.2) is 21.4 Å². The molecule has 0 unspecified atom stereocenters. The second kappa shape index (κ2) is 9.91. The Morgan fingerprint density at radius 2 is 1.71 bits per heavy atom. The zero-order valence-electron chi connectivity index (χ0n) is 20.1. The maximum absolute atomic E-state index is 13.1. The largest absolute Gasteiger partial charge is 0.342 e. The predicted molar refractivity (Wildman–Crippen MR) is 136 cm³/mol. The highest BCUT2D eigenvalue weighted by atomic mass is 16.2. The van der Waals surface area contributed by atoms with Crippen LogP contribution in [0.5, 0.6) is 0 Å². The molecule has 0 bridgehead atoms. The van der Waals surface area contributed by atoms with E-state index in [0.29, 0.717) is 11.4 Å². The van der Waals surface area contributed by atoms with Crippen LogP contribution in [0.3, 0.4) is 0 Å². The zero-order valence-corrected chi connectivity index (χ0v) is 20.1. The number of hydrogen-bond acceptors (Lipinski definition) is 3. The van der Waals surface area contributed by atoms with Crippen LogP contribution < -0.4 is 10.6 Å². The van der Waals surface area contributed by atoms with Gasteiger partial charge in [0.05, 0.1) is 17.1 Å². The maximum Gasteiger partial charge on any atom is 0.251 e. The van der Waals surface area contributed by atoms with Crippen LogP contribution in [0.2, 0.25) is 0 Å². The minimum absolute atomic E-state index is 0.0953.